The maximum absolute atomic E-state index is 12.2. The van der Waals surface area contributed by atoms with Gasteiger partial charge in [-0.25, -0.2) is 0 Å². The molecule has 2 aromatic rings. The third-order valence-electron chi connectivity index (χ3n) is 3.43. The molecule has 1 aromatic carbocycles. The normalized spacial score (nSPS) is 10.3. The van der Waals surface area contributed by atoms with Crippen LogP contribution < -0.4 is 10.6 Å². The number of amides is 1. The molecule has 0 saturated heterocycles. The fraction of sp³-hybridized carbons (Fsp3) is 0.333. The Hall–Kier alpha value is -2.40. The molecule has 1 heterocycles. The van der Waals surface area contributed by atoms with Crippen LogP contribution in [0, 0.1) is 6.92 Å². The Kier molecular flexibility index (Phi) is 6.56. The number of aryl methyl sites for hydroxylation is 1. The van der Waals surface area contributed by atoms with E-state index in [0.717, 1.165) is 24.2 Å². The maximum Gasteiger partial charge on any atom is 0.253 e. The minimum atomic E-state index is -0.126. The zero-order valence-corrected chi connectivity index (χ0v) is 13.6. The molecule has 5 heteroatoms. The summed E-state index contributed by atoms with van der Waals surface area (Å²) in [6, 6.07) is 9.91. The molecule has 0 atom stereocenters. The number of hydrogen-bond donors (Lipinski definition) is 2. The fourth-order valence-electron chi connectivity index (χ4n) is 2.10. The number of benzene rings is 1. The van der Waals surface area contributed by atoms with Crippen molar-refractivity contribution < 1.29 is 9.53 Å². The molecule has 0 spiro atoms. The number of nitrogens with one attached hydrogen (secondary N) is 2. The predicted octanol–water partition coefficient (Wildman–Crippen LogP) is 2.77. The van der Waals surface area contributed by atoms with E-state index in [1.165, 1.54) is 5.56 Å². The van der Waals surface area contributed by atoms with Crippen LogP contribution in [0.1, 0.15) is 27.9 Å². The van der Waals surface area contributed by atoms with E-state index in [1.807, 2.05) is 37.3 Å². The Morgan fingerprint density at radius 2 is 2.00 bits per heavy atom. The standard InChI is InChI=1S/C18H23N3O2/c1-14-4-6-15(7-5-14)11-21-18(22)16-10-17(13-19-12-16)20-8-3-9-23-2/h4-7,10,12-13,20H,3,8-9,11H2,1-2H3,(H,21,22). The highest BCUT2D eigenvalue weighted by Crippen LogP contribution is 2.09. The van der Waals surface area contributed by atoms with Gasteiger partial charge in [0.2, 0.25) is 0 Å². The molecule has 1 amide bonds. The molecule has 0 aliphatic heterocycles. The lowest BCUT2D eigenvalue weighted by Crippen LogP contribution is -2.23. The molecular weight excluding hydrogens is 290 g/mol. The molecule has 0 aliphatic rings. The van der Waals surface area contributed by atoms with Gasteiger partial charge in [-0.15, -0.1) is 0 Å². The van der Waals surface area contributed by atoms with Gasteiger partial charge >= 0.3 is 0 Å². The van der Waals surface area contributed by atoms with Gasteiger partial charge in [-0.3, -0.25) is 9.78 Å². The lowest BCUT2D eigenvalue weighted by Gasteiger charge is -2.09. The number of carbonyl (C=O) groups is 1. The van der Waals surface area contributed by atoms with Gasteiger partial charge in [0.25, 0.3) is 5.91 Å². The van der Waals surface area contributed by atoms with Crippen molar-refractivity contribution in [3.63, 3.8) is 0 Å². The summed E-state index contributed by atoms with van der Waals surface area (Å²) in [5, 5.41) is 6.14. The van der Waals surface area contributed by atoms with Crippen LogP contribution in [0.3, 0.4) is 0 Å². The first-order valence-corrected chi connectivity index (χ1v) is 7.70. The number of pyridine rings is 1. The Morgan fingerprint density at radius 3 is 2.74 bits per heavy atom. The number of nitrogens with zero attached hydrogens (tertiary/aromatic N) is 1. The summed E-state index contributed by atoms with van der Waals surface area (Å²) in [6.07, 6.45) is 4.19. The van der Waals surface area contributed by atoms with Crippen molar-refractivity contribution in [1.29, 1.82) is 0 Å². The largest absolute Gasteiger partial charge is 0.385 e. The maximum atomic E-state index is 12.2. The third-order valence-corrected chi connectivity index (χ3v) is 3.43. The number of anilines is 1. The van der Waals surface area contributed by atoms with E-state index in [-0.39, 0.29) is 5.91 Å². The number of rotatable bonds is 8. The molecule has 0 radical (unpaired) electrons. The summed E-state index contributed by atoms with van der Waals surface area (Å²) in [5.41, 5.74) is 3.67. The molecule has 5 nitrogen and oxygen atoms in total. The number of ether oxygens (including phenoxy) is 1. The van der Waals surface area contributed by atoms with Crippen LogP contribution in [-0.2, 0) is 11.3 Å². The van der Waals surface area contributed by atoms with E-state index in [0.29, 0.717) is 18.7 Å². The molecule has 122 valence electrons. The molecule has 0 unspecified atom stereocenters. The SMILES string of the molecule is COCCCNc1cncc(C(=O)NCc2ccc(C)cc2)c1. The van der Waals surface area contributed by atoms with Crippen molar-refractivity contribution in [2.75, 3.05) is 25.6 Å². The number of aromatic nitrogens is 1. The summed E-state index contributed by atoms with van der Waals surface area (Å²) in [5.74, 6) is -0.126. The van der Waals surface area contributed by atoms with Crippen molar-refractivity contribution in [2.45, 2.75) is 19.9 Å². The second kappa shape index (κ2) is 8.90. The van der Waals surface area contributed by atoms with Crippen LogP contribution in [-0.4, -0.2) is 31.2 Å². The summed E-state index contributed by atoms with van der Waals surface area (Å²) in [4.78, 5) is 16.3. The number of carbonyl (C=O) groups excluding carboxylic acids is 1. The lowest BCUT2D eigenvalue weighted by atomic mass is 10.1. The van der Waals surface area contributed by atoms with Crippen LogP contribution in [0.25, 0.3) is 0 Å². The van der Waals surface area contributed by atoms with Gasteiger partial charge in [-0.05, 0) is 25.0 Å². The highest BCUT2D eigenvalue weighted by Gasteiger charge is 2.06. The van der Waals surface area contributed by atoms with Gasteiger partial charge in [0, 0.05) is 39.2 Å². The summed E-state index contributed by atoms with van der Waals surface area (Å²) < 4.78 is 5.00. The van der Waals surface area contributed by atoms with Gasteiger partial charge < -0.3 is 15.4 Å². The first kappa shape index (κ1) is 17.0. The summed E-state index contributed by atoms with van der Waals surface area (Å²) in [6.45, 7) is 4.03. The summed E-state index contributed by atoms with van der Waals surface area (Å²) in [7, 11) is 1.68. The lowest BCUT2D eigenvalue weighted by molar-refractivity contribution is 0.0950. The smallest absolute Gasteiger partial charge is 0.253 e. The minimum absolute atomic E-state index is 0.126. The van der Waals surface area contributed by atoms with E-state index in [9.17, 15) is 4.79 Å². The second-order valence-electron chi connectivity index (χ2n) is 5.40. The van der Waals surface area contributed by atoms with Crippen molar-refractivity contribution in [2.24, 2.45) is 0 Å². The Labute approximate surface area is 137 Å². The molecule has 2 N–H and O–H groups in total. The van der Waals surface area contributed by atoms with Gasteiger partial charge in [-0.1, -0.05) is 29.8 Å². The van der Waals surface area contributed by atoms with Crippen LogP contribution >= 0.6 is 0 Å². The molecule has 2 rings (SSSR count). The van der Waals surface area contributed by atoms with Crippen molar-refractivity contribution in [3.8, 4) is 0 Å². The van der Waals surface area contributed by atoms with E-state index in [1.54, 1.807) is 19.5 Å². The zero-order valence-electron chi connectivity index (χ0n) is 13.6. The van der Waals surface area contributed by atoms with Crippen molar-refractivity contribution in [1.82, 2.24) is 10.3 Å². The highest BCUT2D eigenvalue weighted by molar-refractivity contribution is 5.94. The van der Waals surface area contributed by atoms with E-state index in [2.05, 4.69) is 15.6 Å². The van der Waals surface area contributed by atoms with E-state index >= 15 is 0 Å². The first-order valence-electron chi connectivity index (χ1n) is 7.70. The van der Waals surface area contributed by atoms with E-state index in [4.69, 9.17) is 4.74 Å². The quantitative estimate of drug-likeness (QED) is 0.736. The minimum Gasteiger partial charge on any atom is -0.385 e. The topological polar surface area (TPSA) is 63.2 Å². The fourth-order valence-corrected chi connectivity index (χ4v) is 2.10. The van der Waals surface area contributed by atoms with Crippen molar-refractivity contribution in [3.05, 3.63) is 59.4 Å². The van der Waals surface area contributed by atoms with Gasteiger partial charge in [-0.2, -0.15) is 0 Å². The Bertz CT molecular complexity index is 626. The van der Waals surface area contributed by atoms with Gasteiger partial charge in [0.1, 0.15) is 0 Å². The van der Waals surface area contributed by atoms with Gasteiger partial charge in [0.05, 0.1) is 11.3 Å². The van der Waals surface area contributed by atoms with Crippen LogP contribution in [0.15, 0.2) is 42.7 Å². The Balaban J connectivity index is 1.87. The molecule has 0 saturated carbocycles. The average molecular weight is 313 g/mol. The Morgan fingerprint density at radius 1 is 1.22 bits per heavy atom. The first-order chi connectivity index (χ1) is 11.2. The molecule has 0 fully saturated rings. The molecule has 1 aromatic heterocycles. The molecule has 0 bridgehead atoms. The monoisotopic (exact) mass is 313 g/mol. The van der Waals surface area contributed by atoms with Crippen LogP contribution in [0.2, 0.25) is 0 Å². The molecule has 23 heavy (non-hydrogen) atoms. The van der Waals surface area contributed by atoms with Crippen LogP contribution in [0.4, 0.5) is 5.69 Å². The predicted molar refractivity (Wildman–Crippen MR) is 91.6 cm³/mol. The number of hydrogen-bond acceptors (Lipinski definition) is 4. The third kappa shape index (κ3) is 5.71. The molecular formula is C18H23N3O2. The van der Waals surface area contributed by atoms with Crippen molar-refractivity contribution >= 4 is 11.6 Å². The second-order valence-corrected chi connectivity index (χ2v) is 5.40. The number of methoxy groups -OCH3 is 1. The zero-order chi connectivity index (χ0) is 16.5. The average Bonchev–Trinajstić information content (AvgIpc) is 2.58. The molecule has 0 aliphatic carbocycles. The van der Waals surface area contributed by atoms with Crippen LogP contribution in [0.5, 0.6) is 0 Å². The van der Waals surface area contributed by atoms with Gasteiger partial charge in [0.15, 0.2) is 0 Å². The van der Waals surface area contributed by atoms with E-state index < -0.39 is 0 Å². The summed E-state index contributed by atoms with van der Waals surface area (Å²) >= 11 is 0. The highest BCUT2D eigenvalue weighted by atomic mass is 16.5.